The van der Waals surface area contributed by atoms with Crippen molar-refractivity contribution in [2.24, 2.45) is 0 Å². The minimum atomic E-state index is -0.877. The van der Waals surface area contributed by atoms with Crippen LogP contribution in [0.5, 0.6) is 5.88 Å². The van der Waals surface area contributed by atoms with Crippen LogP contribution in [0.15, 0.2) is 12.1 Å². The minimum absolute atomic E-state index is 0.269. The van der Waals surface area contributed by atoms with Crippen LogP contribution in [0.3, 0.4) is 0 Å². The highest BCUT2D eigenvalue weighted by atomic mass is 16.5. The van der Waals surface area contributed by atoms with E-state index < -0.39 is 5.60 Å². The van der Waals surface area contributed by atoms with Crippen molar-refractivity contribution in [1.82, 2.24) is 9.88 Å². The Labute approximate surface area is 130 Å². The Balaban J connectivity index is 1.96. The number of aliphatic hydroxyl groups is 1. The maximum absolute atomic E-state index is 12.2. The van der Waals surface area contributed by atoms with Gasteiger partial charge in [0.05, 0.1) is 30.6 Å². The second-order valence-electron chi connectivity index (χ2n) is 5.61. The minimum Gasteiger partial charge on any atom is -0.481 e. The van der Waals surface area contributed by atoms with Gasteiger partial charge < -0.3 is 24.8 Å². The molecule has 1 aromatic rings. The molecule has 7 heteroatoms. The first-order chi connectivity index (χ1) is 10.4. The van der Waals surface area contributed by atoms with E-state index in [4.69, 9.17) is 9.47 Å². The van der Waals surface area contributed by atoms with Gasteiger partial charge in [-0.1, -0.05) is 0 Å². The van der Waals surface area contributed by atoms with E-state index in [-0.39, 0.29) is 12.6 Å². The zero-order valence-corrected chi connectivity index (χ0v) is 13.3. The quantitative estimate of drug-likeness (QED) is 0.878. The number of rotatable bonds is 4. The third-order valence-electron chi connectivity index (χ3n) is 3.81. The fraction of sp³-hybridized carbons (Fsp3) is 0.600. The summed E-state index contributed by atoms with van der Waals surface area (Å²) in [6.07, 6.45) is 1.07. The summed E-state index contributed by atoms with van der Waals surface area (Å²) < 4.78 is 10.3. The number of carbonyl (C=O) groups excluding carboxylic acids is 1. The summed E-state index contributed by atoms with van der Waals surface area (Å²) in [5, 5.41) is 13.2. The maximum atomic E-state index is 12.2. The summed E-state index contributed by atoms with van der Waals surface area (Å²) >= 11 is 0. The van der Waals surface area contributed by atoms with Crippen molar-refractivity contribution in [1.29, 1.82) is 0 Å². The highest BCUT2D eigenvalue weighted by molar-refractivity contribution is 5.89. The summed E-state index contributed by atoms with van der Waals surface area (Å²) in [6.45, 7) is 3.11. The van der Waals surface area contributed by atoms with Gasteiger partial charge in [-0.15, -0.1) is 0 Å². The van der Waals surface area contributed by atoms with Crippen LogP contribution in [0.25, 0.3) is 0 Å². The SMILES string of the molecule is COc1ccc(NC(=O)N(C)CC2(O)CCOCC2)c(C)n1. The van der Waals surface area contributed by atoms with E-state index in [1.165, 1.54) is 4.90 Å². The second kappa shape index (κ2) is 6.93. The van der Waals surface area contributed by atoms with E-state index in [1.54, 1.807) is 33.2 Å². The highest BCUT2D eigenvalue weighted by Crippen LogP contribution is 2.22. The van der Waals surface area contributed by atoms with Crippen LogP contribution in [0.1, 0.15) is 18.5 Å². The zero-order valence-electron chi connectivity index (χ0n) is 13.3. The molecule has 0 saturated carbocycles. The zero-order chi connectivity index (χ0) is 16.2. The Kier molecular flexibility index (Phi) is 5.20. The molecular formula is C15H23N3O4. The molecule has 1 aliphatic heterocycles. The number of carbonyl (C=O) groups is 1. The third kappa shape index (κ3) is 4.08. The average molecular weight is 309 g/mol. The second-order valence-corrected chi connectivity index (χ2v) is 5.61. The maximum Gasteiger partial charge on any atom is 0.321 e. The number of ether oxygens (including phenoxy) is 2. The molecular weight excluding hydrogens is 286 g/mol. The number of anilines is 1. The molecule has 22 heavy (non-hydrogen) atoms. The van der Waals surface area contributed by atoms with Crippen molar-refractivity contribution >= 4 is 11.7 Å². The summed E-state index contributed by atoms with van der Waals surface area (Å²) in [6, 6.07) is 3.15. The Morgan fingerprint density at radius 2 is 2.18 bits per heavy atom. The topological polar surface area (TPSA) is 83.9 Å². The molecule has 0 aliphatic carbocycles. The van der Waals surface area contributed by atoms with Crippen molar-refractivity contribution in [3.05, 3.63) is 17.8 Å². The van der Waals surface area contributed by atoms with Gasteiger partial charge in [-0.05, 0) is 13.0 Å². The smallest absolute Gasteiger partial charge is 0.321 e. The highest BCUT2D eigenvalue weighted by Gasteiger charge is 2.32. The Hall–Kier alpha value is -1.86. The lowest BCUT2D eigenvalue weighted by Gasteiger charge is -2.35. The predicted molar refractivity (Wildman–Crippen MR) is 82.2 cm³/mol. The Bertz CT molecular complexity index is 530. The Morgan fingerprint density at radius 1 is 1.50 bits per heavy atom. The van der Waals surface area contributed by atoms with Gasteiger partial charge in [0.2, 0.25) is 5.88 Å². The molecule has 1 aliphatic rings. The van der Waals surface area contributed by atoms with E-state index in [9.17, 15) is 9.90 Å². The van der Waals surface area contributed by atoms with Crippen LogP contribution in [-0.2, 0) is 4.74 Å². The number of aryl methyl sites for hydroxylation is 1. The largest absolute Gasteiger partial charge is 0.481 e. The molecule has 0 radical (unpaired) electrons. The molecule has 0 unspecified atom stereocenters. The number of pyridine rings is 1. The lowest BCUT2D eigenvalue weighted by atomic mass is 9.94. The van der Waals surface area contributed by atoms with E-state index >= 15 is 0 Å². The first kappa shape index (κ1) is 16.5. The van der Waals surface area contributed by atoms with Gasteiger partial charge in [0.1, 0.15) is 0 Å². The van der Waals surface area contributed by atoms with Crippen LogP contribution in [0.2, 0.25) is 0 Å². The fourth-order valence-corrected chi connectivity index (χ4v) is 2.42. The number of likely N-dealkylation sites (N-methyl/N-ethyl adjacent to an activating group) is 1. The third-order valence-corrected chi connectivity index (χ3v) is 3.81. The molecule has 2 rings (SSSR count). The number of methoxy groups -OCH3 is 1. The van der Waals surface area contributed by atoms with Crippen LogP contribution >= 0.6 is 0 Å². The van der Waals surface area contributed by atoms with E-state index in [0.717, 1.165) is 0 Å². The fourth-order valence-electron chi connectivity index (χ4n) is 2.42. The number of amides is 2. The average Bonchev–Trinajstić information content (AvgIpc) is 2.49. The number of hydrogen-bond donors (Lipinski definition) is 2. The molecule has 122 valence electrons. The first-order valence-electron chi connectivity index (χ1n) is 7.27. The number of hydrogen-bond acceptors (Lipinski definition) is 5. The lowest BCUT2D eigenvalue weighted by Crippen LogP contribution is -2.48. The molecule has 2 amide bonds. The van der Waals surface area contributed by atoms with Gasteiger partial charge in [-0.25, -0.2) is 9.78 Å². The molecule has 1 aromatic heterocycles. The van der Waals surface area contributed by atoms with Gasteiger partial charge >= 0.3 is 6.03 Å². The molecule has 0 aromatic carbocycles. The molecule has 1 fully saturated rings. The van der Waals surface area contributed by atoms with Gasteiger partial charge in [0, 0.05) is 39.2 Å². The molecule has 1 saturated heterocycles. The van der Waals surface area contributed by atoms with E-state index in [2.05, 4.69) is 10.3 Å². The van der Waals surface area contributed by atoms with Crippen molar-refractivity contribution in [2.75, 3.05) is 39.2 Å². The standard InChI is InChI=1S/C15H23N3O4/c1-11-12(4-5-13(16-11)21-3)17-14(19)18(2)10-15(20)6-8-22-9-7-15/h4-5,20H,6-10H2,1-3H3,(H,17,19). The molecule has 2 N–H and O–H groups in total. The first-order valence-corrected chi connectivity index (χ1v) is 7.27. The monoisotopic (exact) mass is 309 g/mol. The number of urea groups is 1. The van der Waals surface area contributed by atoms with Crippen molar-refractivity contribution < 1.29 is 19.4 Å². The van der Waals surface area contributed by atoms with Crippen LogP contribution in [0, 0.1) is 6.92 Å². The molecule has 0 atom stereocenters. The Morgan fingerprint density at radius 3 is 2.77 bits per heavy atom. The van der Waals surface area contributed by atoms with E-state index in [0.29, 0.717) is 43.3 Å². The normalized spacial score (nSPS) is 16.9. The van der Waals surface area contributed by atoms with Crippen molar-refractivity contribution in [2.45, 2.75) is 25.4 Å². The van der Waals surface area contributed by atoms with Crippen molar-refractivity contribution in [3.63, 3.8) is 0 Å². The predicted octanol–water partition coefficient (Wildman–Crippen LogP) is 1.40. The van der Waals surface area contributed by atoms with Gasteiger partial charge in [-0.3, -0.25) is 0 Å². The van der Waals surface area contributed by atoms with Gasteiger partial charge in [-0.2, -0.15) is 0 Å². The summed E-state index contributed by atoms with van der Waals surface area (Å²) in [5.41, 5.74) is 0.417. The molecule has 0 spiro atoms. The summed E-state index contributed by atoms with van der Waals surface area (Å²) in [4.78, 5) is 17.9. The molecule has 0 bridgehead atoms. The number of aromatic nitrogens is 1. The number of nitrogens with zero attached hydrogens (tertiary/aromatic N) is 2. The van der Waals surface area contributed by atoms with Crippen molar-refractivity contribution in [3.8, 4) is 5.88 Å². The molecule has 7 nitrogen and oxygen atoms in total. The van der Waals surface area contributed by atoms with Gasteiger partial charge in [0.15, 0.2) is 0 Å². The van der Waals surface area contributed by atoms with Crippen LogP contribution < -0.4 is 10.1 Å². The summed E-state index contributed by atoms with van der Waals surface area (Å²) in [7, 11) is 3.21. The van der Waals surface area contributed by atoms with E-state index in [1.807, 2.05) is 0 Å². The van der Waals surface area contributed by atoms with Gasteiger partial charge in [0.25, 0.3) is 0 Å². The van der Waals surface area contributed by atoms with Crippen LogP contribution in [-0.4, -0.2) is 60.5 Å². The molecule has 2 heterocycles. The van der Waals surface area contributed by atoms with Crippen LogP contribution in [0.4, 0.5) is 10.5 Å². The lowest BCUT2D eigenvalue weighted by molar-refractivity contribution is -0.0717. The summed E-state index contributed by atoms with van der Waals surface area (Å²) in [5.74, 6) is 0.500. The number of nitrogens with one attached hydrogen (secondary N) is 1.